The second-order valence-corrected chi connectivity index (χ2v) is 7.67. The third-order valence-corrected chi connectivity index (χ3v) is 5.47. The van der Waals surface area contributed by atoms with Crippen molar-refractivity contribution in [3.8, 4) is 5.75 Å². The van der Waals surface area contributed by atoms with Crippen molar-refractivity contribution >= 4 is 38.3 Å². The van der Waals surface area contributed by atoms with Crippen LogP contribution in [0.3, 0.4) is 0 Å². The Morgan fingerprint density at radius 1 is 1.16 bits per heavy atom. The molecule has 0 saturated heterocycles. The predicted molar refractivity (Wildman–Crippen MR) is 101 cm³/mol. The van der Waals surface area contributed by atoms with Crippen molar-refractivity contribution in [3.05, 3.63) is 41.4 Å². The molecule has 7 heteroatoms. The van der Waals surface area contributed by atoms with Gasteiger partial charge in [-0.05, 0) is 31.0 Å². The highest BCUT2D eigenvalue weighted by molar-refractivity contribution is 7.22. The van der Waals surface area contributed by atoms with Gasteiger partial charge in [0.1, 0.15) is 17.5 Å². The summed E-state index contributed by atoms with van der Waals surface area (Å²) in [6.07, 6.45) is 9.63. The first-order valence-corrected chi connectivity index (χ1v) is 9.72. The molecule has 3 aromatic rings. The van der Waals surface area contributed by atoms with E-state index in [0.717, 1.165) is 21.1 Å². The van der Waals surface area contributed by atoms with Gasteiger partial charge in [0.2, 0.25) is 0 Å². The number of hydrogen-bond acceptors (Lipinski definition) is 6. The van der Waals surface area contributed by atoms with Gasteiger partial charge < -0.3 is 10.1 Å². The summed E-state index contributed by atoms with van der Waals surface area (Å²) in [7, 11) is 0. The van der Waals surface area contributed by atoms with E-state index in [1.165, 1.54) is 38.3 Å². The molecule has 1 aliphatic carbocycles. The van der Waals surface area contributed by atoms with Crippen molar-refractivity contribution in [1.29, 1.82) is 0 Å². The molecule has 0 amide bonds. The lowest BCUT2D eigenvalue weighted by Crippen LogP contribution is -2.21. The van der Waals surface area contributed by atoms with Gasteiger partial charge in [-0.3, -0.25) is 4.98 Å². The Morgan fingerprint density at radius 2 is 2.04 bits per heavy atom. The van der Waals surface area contributed by atoms with Crippen LogP contribution in [0.2, 0.25) is 5.15 Å². The molecule has 0 radical (unpaired) electrons. The van der Waals surface area contributed by atoms with Gasteiger partial charge in [0.15, 0.2) is 5.13 Å². The Hall–Kier alpha value is -1.92. The highest BCUT2D eigenvalue weighted by Gasteiger charge is 2.15. The molecule has 0 atom stereocenters. The molecule has 0 aliphatic heterocycles. The van der Waals surface area contributed by atoms with Gasteiger partial charge in [-0.2, -0.15) is 0 Å². The molecule has 1 N–H and O–H groups in total. The number of nitrogens with one attached hydrogen (secondary N) is 1. The average Bonchev–Trinajstić information content (AvgIpc) is 3.02. The molecule has 5 nitrogen and oxygen atoms in total. The highest BCUT2D eigenvalue weighted by Crippen LogP contribution is 2.31. The van der Waals surface area contributed by atoms with Gasteiger partial charge in [0.25, 0.3) is 0 Å². The predicted octanol–water partition coefficient (Wildman–Crippen LogP) is 5.06. The van der Waals surface area contributed by atoms with Crippen LogP contribution < -0.4 is 10.1 Å². The topological polar surface area (TPSA) is 59.9 Å². The molecule has 2 heterocycles. The summed E-state index contributed by atoms with van der Waals surface area (Å²) < 4.78 is 6.93. The van der Waals surface area contributed by atoms with Crippen molar-refractivity contribution in [2.75, 3.05) is 5.32 Å². The normalized spacial score (nSPS) is 15.4. The third kappa shape index (κ3) is 4.19. The number of nitrogens with zero attached hydrogens (tertiary/aromatic N) is 3. The minimum atomic E-state index is 0.338. The SMILES string of the molecule is Clc1cncc(COc2ccc3nc(NC4CCCCC4)sc3c2)n1. The van der Waals surface area contributed by atoms with E-state index in [0.29, 0.717) is 23.5 Å². The largest absolute Gasteiger partial charge is 0.487 e. The maximum Gasteiger partial charge on any atom is 0.184 e. The Balaban J connectivity index is 1.44. The van der Waals surface area contributed by atoms with Crippen LogP contribution in [0.5, 0.6) is 5.75 Å². The van der Waals surface area contributed by atoms with E-state index in [1.54, 1.807) is 17.5 Å². The molecular formula is C18H19ClN4OS. The van der Waals surface area contributed by atoms with E-state index < -0.39 is 0 Å². The van der Waals surface area contributed by atoms with Crippen LogP contribution in [0.4, 0.5) is 5.13 Å². The fourth-order valence-corrected chi connectivity index (χ4v) is 4.22. The minimum absolute atomic E-state index is 0.338. The number of anilines is 1. The molecule has 0 bridgehead atoms. The van der Waals surface area contributed by atoms with Gasteiger partial charge in [-0.1, -0.05) is 42.2 Å². The number of halogens is 1. The monoisotopic (exact) mass is 374 g/mol. The van der Waals surface area contributed by atoms with Crippen LogP contribution in [-0.4, -0.2) is 21.0 Å². The molecule has 1 aromatic carbocycles. The Bertz CT molecular complexity index is 863. The summed E-state index contributed by atoms with van der Waals surface area (Å²) in [6, 6.07) is 6.52. The fourth-order valence-electron chi connectivity index (χ4n) is 3.08. The van der Waals surface area contributed by atoms with E-state index in [1.807, 2.05) is 18.2 Å². The zero-order chi connectivity index (χ0) is 17.1. The number of rotatable bonds is 5. The van der Waals surface area contributed by atoms with Crippen LogP contribution in [0, 0.1) is 0 Å². The number of ether oxygens (including phenoxy) is 1. The first kappa shape index (κ1) is 16.5. The maximum atomic E-state index is 5.84. The van der Waals surface area contributed by atoms with E-state index in [-0.39, 0.29) is 0 Å². The molecule has 1 aliphatic rings. The maximum absolute atomic E-state index is 5.84. The Morgan fingerprint density at radius 3 is 2.88 bits per heavy atom. The fraction of sp³-hybridized carbons (Fsp3) is 0.389. The molecule has 4 rings (SSSR count). The zero-order valence-corrected chi connectivity index (χ0v) is 15.3. The zero-order valence-electron chi connectivity index (χ0n) is 13.7. The van der Waals surface area contributed by atoms with Crippen molar-refractivity contribution in [2.45, 2.75) is 44.8 Å². The Labute approximate surface area is 155 Å². The van der Waals surface area contributed by atoms with Crippen molar-refractivity contribution in [2.24, 2.45) is 0 Å². The summed E-state index contributed by atoms with van der Waals surface area (Å²) >= 11 is 7.52. The molecular weight excluding hydrogens is 356 g/mol. The van der Waals surface area contributed by atoms with Crippen LogP contribution >= 0.6 is 22.9 Å². The van der Waals surface area contributed by atoms with Crippen molar-refractivity contribution in [3.63, 3.8) is 0 Å². The molecule has 1 saturated carbocycles. The number of aromatic nitrogens is 3. The smallest absolute Gasteiger partial charge is 0.184 e. The van der Waals surface area contributed by atoms with E-state index in [9.17, 15) is 0 Å². The van der Waals surface area contributed by atoms with Crippen LogP contribution in [0.1, 0.15) is 37.8 Å². The molecule has 2 aromatic heterocycles. The number of fused-ring (bicyclic) bond motifs is 1. The quantitative estimate of drug-likeness (QED) is 0.676. The summed E-state index contributed by atoms with van der Waals surface area (Å²) in [5.41, 5.74) is 1.70. The van der Waals surface area contributed by atoms with E-state index >= 15 is 0 Å². The van der Waals surface area contributed by atoms with Gasteiger partial charge in [-0.15, -0.1) is 0 Å². The molecule has 0 unspecified atom stereocenters. The summed E-state index contributed by atoms with van der Waals surface area (Å²) in [4.78, 5) is 12.9. The van der Waals surface area contributed by atoms with Gasteiger partial charge in [-0.25, -0.2) is 9.97 Å². The number of thiazole rings is 1. The van der Waals surface area contributed by atoms with Gasteiger partial charge in [0, 0.05) is 6.04 Å². The lowest BCUT2D eigenvalue weighted by Gasteiger charge is -2.22. The van der Waals surface area contributed by atoms with Gasteiger partial charge >= 0.3 is 0 Å². The highest BCUT2D eigenvalue weighted by atomic mass is 35.5. The second-order valence-electron chi connectivity index (χ2n) is 6.25. The van der Waals surface area contributed by atoms with E-state index in [2.05, 4.69) is 20.3 Å². The molecule has 0 spiro atoms. The van der Waals surface area contributed by atoms with Crippen LogP contribution in [-0.2, 0) is 6.61 Å². The lowest BCUT2D eigenvalue weighted by molar-refractivity contribution is 0.301. The van der Waals surface area contributed by atoms with Crippen LogP contribution in [0.25, 0.3) is 10.2 Å². The summed E-state index contributed by atoms with van der Waals surface area (Å²) in [5, 5.41) is 4.96. The van der Waals surface area contributed by atoms with Crippen molar-refractivity contribution in [1.82, 2.24) is 15.0 Å². The number of benzene rings is 1. The minimum Gasteiger partial charge on any atom is -0.487 e. The first-order chi connectivity index (χ1) is 12.3. The van der Waals surface area contributed by atoms with Crippen LogP contribution in [0.15, 0.2) is 30.6 Å². The van der Waals surface area contributed by atoms with Crippen molar-refractivity contribution < 1.29 is 4.74 Å². The standard InChI is InChI=1S/C18H19ClN4OS/c19-17-10-20-9-13(21-17)11-24-14-6-7-15-16(8-14)25-18(23-15)22-12-4-2-1-3-5-12/h6-10,12H,1-5,11H2,(H,22,23). The first-order valence-electron chi connectivity index (χ1n) is 8.52. The molecule has 1 fully saturated rings. The second kappa shape index (κ2) is 7.54. The molecule has 130 valence electrons. The number of hydrogen-bond donors (Lipinski definition) is 1. The summed E-state index contributed by atoms with van der Waals surface area (Å²) in [5.74, 6) is 0.794. The average molecular weight is 375 g/mol. The summed E-state index contributed by atoms with van der Waals surface area (Å²) in [6.45, 7) is 0.338. The molecule has 25 heavy (non-hydrogen) atoms. The Kier molecular flexibility index (Phi) is 4.99. The lowest BCUT2D eigenvalue weighted by atomic mass is 9.96. The van der Waals surface area contributed by atoms with E-state index in [4.69, 9.17) is 16.3 Å². The van der Waals surface area contributed by atoms with Gasteiger partial charge in [0.05, 0.1) is 28.3 Å². The third-order valence-electron chi connectivity index (χ3n) is 4.33.